The molecule has 25 heavy (non-hydrogen) atoms. The van der Waals surface area contributed by atoms with Gasteiger partial charge in [-0.3, -0.25) is 19.7 Å². The molecule has 0 radical (unpaired) electrons. The summed E-state index contributed by atoms with van der Waals surface area (Å²) in [5, 5.41) is 2.34. The molecular weight excluding hydrogens is 316 g/mol. The second-order valence-corrected chi connectivity index (χ2v) is 7.09. The first kappa shape index (κ1) is 17.6. The fourth-order valence-corrected chi connectivity index (χ4v) is 4.02. The normalized spacial score (nSPS) is 20.2. The van der Waals surface area contributed by atoms with Crippen molar-refractivity contribution in [1.82, 2.24) is 10.2 Å². The van der Waals surface area contributed by atoms with Crippen molar-refractivity contribution >= 4 is 17.7 Å². The van der Waals surface area contributed by atoms with Crippen LogP contribution in [-0.2, 0) is 16.1 Å². The number of carbonyl (C=O) groups excluding carboxylic acids is 3. The van der Waals surface area contributed by atoms with Gasteiger partial charge in [0.1, 0.15) is 6.04 Å². The molecule has 5 heteroatoms. The first-order valence-corrected chi connectivity index (χ1v) is 9.32. The van der Waals surface area contributed by atoms with E-state index in [9.17, 15) is 14.4 Å². The Hall–Kier alpha value is -2.17. The minimum atomic E-state index is -0.539. The summed E-state index contributed by atoms with van der Waals surface area (Å²) in [6.07, 6.45) is 5.28. The van der Waals surface area contributed by atoms with Gasteiger partial charge in [0.05, 0.1) is 0 Å². The topological polar surface area (TPSA) is 66.5 Å². The van der Waals surface area contributed by atoms with Crippen LogP contribution in [0.4, 0.5) is 0 Å². The molecule has 0 bridgehead atoms. The van der Waals surface area contributed by atoms with Crippen LogP contribution in [0.1, 0.15) is 79.8 Å². The van der Waals surface area contributed by atoms with Crippen LogP contribution in [0.2, 0.25) is 0 Å². The third-order valence-corrected chi connectivity index (χ3v) is 5.29. The van der Waals surface area contributed by atoms with Gasteiger partial charge in [-0.15, -0.1) is 0 Å². The van der Waals surface area contributed by atoms with Gasteiger partial charge in [-0.25, -0.2) is 0 Å². The number of amides is 3. The Labute approximate surface area is 148 Å². The second-order valence-electron chi connectivity index (χ2n) is 7.09. The summed E-state index contributed by atoms with van der Waals surface area (Å²) in [7, 11) is 0. The maximum Gasteiger partial charge on any atom is 0.255 e. The monoisotopic (exact) mass is 342 g/mol. The van der Waals surface area contributed by atoms with Gasteiger partial charge < -0.3 is 4.90 Å². The van der Waals surface area contributed by atoms with Crippen molar-refractivity contribution in [2.75, 3.05) is 0 Å². The lowest BCUT2D eigenvalue weighted by Crippen LogP contribution is -2.52. The lowest BCUT2D eigenvalue weighted by Gasteiger charge is -2.29. The Bertz CT molecular complexity index is 692. The Morgan fingerprint density at radius 2 is 1.88 bits per heavy atom. The average molecular weight is 342 g/mol. The number of piperidine rings is 1. The predicted octanol–water partition coefficient (Wildman–Crippen LogP) is 3.13. The van der Waals surface area contributed by atoms with E-state index in [2.05, 4.69) is 31.3 Å². The maximum atomic E-state index is 12.7. The zero-order chi connectivity index (χ0) is 18.0. The fourth-order valence-electron chi connectivity index (χ4n) is 4.02. The van der Waals surface area contributed by atoms with Crippen LogP contribution in [0.15, 0.2) is 18.2 Å². The molecule has 2 aliphatic heterocycles. The zero-order valence-corrected chi connectivity index (χ0v) is 15.0. The molecule has 3 amide bonds. The molecule has 0 aliphatic carbocycles. The Morgan fingerprint density at radius 1 is 1.16 bits per heavy atom. The summed E-state index contributed by atoms with van der Waals surface area (Å²) in [5.41, 5.74) is 2.99. The van der Waals surface area contributed by atoms with Gasteiger partial charge in [-0.1, -0.05) is 38.8 Å². The van der Waals surface area contributed by atoms with Crippen LogP contribution in [0, 0.1) is 0 Å². The van der Waals surface area contributed by atoms with E-state index in [0.29, 0.717) is 24.4 Å². The average Bonchev–Trinajstić information content (AvgIpc) is 2.91. The van der Waals surface area contributed by atoms with Crippen LogP contribution in [-0.4, -0.2) is 28.7 Å². The third-order valence-electron chi connectivity index (χ3n) is 5.29. The van der Waals surface area contributed by atoms with E-state index in [1.807, 2.05) is 6.07 Å². The maximum absolute atomic E-state index is 12.7. The highest BCUT2D eigenvalue weighted by atomic mass is 16.2. The number of nitrogens with zero attached hydrogens (tertiary/aromatic N) is 1. The van der Waals surface area contributed by atoms with Gasteiger partial charge >= 0.3 is 0 Å². The van der Waals surface area contributed by atoms with Gasteiger partial charge in [0.15, 0.2) is 0 Å². The van der Waals surface area contributed by atoms with E-state index in [1.54, 1.807) is 4.90 Å². The minimum absolute atomic E-state index is 0.0985. The number of fused-ring (bicyclic) bond motifs is 1. The molecule has 1 aromatic rings. The van der Waals surface area contributed by atoms with Gasteiger partial charge in [0.2, 0.25) is 11.8 Å². The predicted molar refractivity (Wildman–Crippen MR) is 95.0 cm³/mol. The van der Waals surface area contributed by atoms with Gasteiger partial charge in [-0.2, -0.15) is 0 Å². The molecule has 1 unspecified atom stereocenters. The standard InChI is InChI=1S/C20H26N2O3/c1-3-5-13(6-4-2)14-7-8-16-15(11-14)12-22(20(16)25)17-9-10-18(23)21-19(17)24/h7-8,11,13,17H,3-6,9-10,12H2,1-2H3,(H,21,23,24). The van der Waals surface area contributed by atoms with Crippen molar-refractivity contribution in [1.29, 1.82) is 0 Å². The molecule has 2 heterocycles. The van der Waals surface area contributed by atoms with Crippen LogP contribution in [0.3, 0.4) is 0 Å². The van der Waals surface area contributed by atoms with Crippen LogP contribution >= 0.6 is 0 Å². The molecule has 0 saturated carbocycles. The molecule has 1 aromatic carbocycles. The van der Waals surface area contributed by atoms with E-state index in [-0.39, 0.29) is 24.1 Å². The SMILES string of the molecule is CCCC(CCC)c1ccc2c(c1)CN(C1CCC(=O)NC1=O)C2=O. The lowest BCUT2D eigenvalue weighted by atomic mass is 9.89. The molecule has 2 aliphatic rings. The third kappa shape index (κ3) is 3.46. The van der Waals surface area contributed by atoms with Gasteiger partial charge in [0, 0.05) is 18.5 Å². The number of rotatable bonds is 6. The molecule has 0 spiro atoms. The first-order chi connectivity index (χ1) is 12.0. The largest absolute Gasteiger partial charge is 0.322 e. The molecule has 1 atom stereocenters. The number of nitrogens with one attached hydrogen (secondary N) is 1. The van der Waals surface area contributed by atoms with Crippen LogP contribution in [0.5, 0.6) is 0 Å². The van der Waals surface area contributed by atoms with Crippen molar-refractivity contribution in [3.63, 3.8) is 0 Å². The highest BCUT2D eigenvalue weighted by Gasteiger charge is 2.39. The van der Waals surface area contributed by atoms with Crippen molar-refractivity contribution in [2.24, 2.45) is 0 Å². The number of hydrogen-bond donors (Lipinski definition) is 1. The molecule has 3 rings (SSSR count). The highest BCUT2D eigenvalue weighted by molar-refractivity contribution is 6.05. The van der Waals surface area contributed by atoms with Gasteiger partial charge in [-0.05, 0) is 42.4 Å². The Balaban J connectivity index is 1.81. The minimum Gasteiger partial charge on any atom is -0.322 e. The van der Waals surface area contributed by atoms with Crippen molar-refractivity contribution < 1.29 is 14.4 Å². The first-order valence-electron chi connectivity index (χ1n) is 9.32. The molecular formula is C20H26N2O3. The summed E-state index contributed by atoms with van der Waals surface area (Å²) in [6.45, 7) is 4.85. The summed E-state index contributed by atoms with van der Waals surface area (Å²) >= 11 is 0. The molecule has 5 nitrogen and oxygen atoms in total. The van der Waals surface area contributed by atoms with E-state index in [1.165, 1.54) is 5.56 Å². The van der Waals surface area contributed by atoms with E-state index < -0.39 is 6.04 Å². The highest BCUT2D eigenvalue weighted by Crippen LogP contribution is 2.32. The Kier molecular flexibility index (Phi) is 5.21. The number of imide groups is 1. The van der Waals surface area contributed by atoms with Crippen LogP contribution in [0.25, 0.3) is 0 Å². The number of hydrogen-bond acceptors (Lipinski definition) is 3. The number of carbonyl (C=O) groups is 3. The van der Waals surface area contributed by atoms with Gasteiger partial charge in [0.25, 0.3) is 5.91 Å². The zero-order valence-electron chi connectivity index (χ0n) is 15.0. The fraction of sp³-hybridized carbons (Fsp3) is 0.550. The smallest absolute Gasteiger partial charge is 0.255 e. The molecule has 1 N–H and O–H groups in total. The second kappa shape index (κ2) is 7.38. The summed E-state index contributed by atoms with van der Waals surface area (Å²) in [5.74, 6) is -0.180. The lowest BCUT2D eigenvalue weighted by molar-refractivity contribution is -0.136. The van der Waals surface area contributed by atoms with Crippen molar-refractivity contribution in [2.45, 2.75) is 70.9 Å². The van der Waals surface area contributed by atoms with E-state index >= 15 is 0 Å². The van der Waals surface area contributed by atoms with E-state index in [0.717, 1.165) is 31.2 Å². The molecule has 1 fully saturated rings. The quantitative estimate of drug-likeness (QED) is 0.808. The summed E-state index contributed by atoms with van der Waals surface area (Å²) in [4.78, 5) is 37.8. The van der Waals surface area contributed by atoms with Crippen LogP contribution < -0.4 is 5.32 Å². The Morgan fingerprint density at radius 3 is 2.52 bits per heavy atom. The molecule has 134 valence electrons. The number of benzene rings is 1. The van der Waals surface area contributed by atoms with E-state index in [4.69, 9.17) is 0 Å². The molecule has 0 aromatic heterocycles. The summed E-state index contributed by atoms with van der Waals surface area (Å²) in [6, 6.07) is 5.59. The summed E-state index contributed by atoms with van der Waals surface area (Å²) < 4.78 is 0. The van der Waals surface area contributed by atoms with Crippen molar-refractivity contribution in [3.05, 3.63) is 34.9 Å². The van der Waals surface area contributed by atoms with Crippen molar-refractivity contribution in [3.8, 4) is 0 Å². The molecule has 1 saturated heterocycles.